The van der Waals surface area contributed by atoms with Crippen LogP contribution >= 0.6 is 11.3 Å². The van der Waals surface area contributed by atoms with E-state index >= 15 is 0 Å². The van der Waals surface area contributed by atoms with Crippen LogP contribution in [0.1, 0.15) is 18.9 Å². The number of rotatable bonds is 7. The summed E-state index contributed by atoms with van der Waals surface area (Å²) < 4.78 is 5.46. The molecule has 2 aromatic carbocycles. The van der Waals surface area contributed by atoms with E-state index in [1.54, 1.807) is 18.3 Å². The molecule has 146 valence electrons. The maximum atomic E-state index is 11.1. The molecule has 0 aliphatic heterocycles. The van der Waals surface area contributed by atoms with Gasteiger partial charge >= 0.3 is 0 Å². The molecule has 7 heteroatoms. The third-order valence-electron chi connectivity index (χ3n) is 3.90. The second kappa shape index (κ2) is 9.53. The Bertz CT molecular complexity index is 1050. The number of hydrogen-bond acceptors (Lipinski definition) is 6. The van der Waals surface area contributed by atoms with Crippen LogP contribution in [0.15, 0.2) is 60.1 Å². The summed E-state index contributed by atoms with van der Waals surface area (Å²) in [5.41, 5.74) is 3.74. The highest BCUT2D eigenvalue weighted by Gasteiger charge is 2.09. The fraction of sp³-hybridized carbons (Fsp3) is 0.136. The minimum absolute atomic E-state index is 0.121. The molecule has 0 aliphatic carbocycles. The van der Waals surface area contributed by atoms with Crippen molar-refractivity contribution >= 4 is 34.2 Å². The van der Waals surface area contributed by atoms with Gasteiger partial charge in [0, 0.05) is 35.4 Å². The van der Waals surface area contributed by atoms with Gasteiger partial charge in [0.15, 0.2) is 0 Å². The molecular weight excluding hydrogens is 384 g/mol. The summed E-state index contributed by atoms with van der Waals surface area (Å²) in [5.74, 6) is 0.697. The van der Waals surface area contributed by atoms with Crippen molar-refractivity contribution in [1.29, 1.82) is 5.26 Å². The summed E-state index contributed by atoms with van der Waals surface area (Å²) in [5, 5.41) is 17.9. The normalized spacial score (nSPS) is 10.9. The average molecular weight is 404 g/mol. The first-order valence-electron chi connectivity index (χ1n) is 9.02. The maximum Gasteiger partial charge on any atom is 0.221 e. The summed E-state index contributed by atoms with van der Waals surface area (Å²) in [6.07, 6.45) is 1.63. The Hall–Kier alpha value is -3.63. The number of nitrogens with zero attached hydrogens (tertiary/aromatic N) is 2. The van der Waals surface area contributed by atoms with Crippen LogP contribution in [-0.4, -0.2) is 17.5 Å². The number of nitrogens with one attached hydrogen (secondary N) is 2. The number of thiazole rings is 1. The largest absolute Gasteiger partial charge is 0.494 e. The predicted octanol–water partition coefficient (Wildman–Crippen LogP) is 5.14. The third-order valence-corrected chi connectivity index (χ3v) is 4.78. The van der Waals surface area contributed by atoms with Gasteiger partial charge in [-0.1, -0.05) is 0 Å². The number of nitriles is 1. The zero-order valence-corrected chi connectivity index (χ0v) is 16.9. The van der Waals surface area contributed by atoms with Gasteiger partial charge in [0.1, 0.15) is 22.4 Å². The Morgan fingerprint density at radius 3 is 2.48 bits per heavy atom. The average Bonchev–Trinajstić information content (AvgIpc) is 3.20. The molecule has 1 heterocycles. The van der Waals surface area contributed by atoms with Gasteiger partial charge in [0.25, 0.3) is 0 Å². The second-order valence-electron chi connectivity index (χ2n) is 6.07. The lowest BCUT2D eigenvalue weighted by Gasteiger charge is -2.05. The highest BCUT2D eigenvalue weighted by Crippen LogP contribution is 2.27. The zero-order chi connectivity index (χ0) is 20.6. The van der Waals surface area contributed by atoms with Crippen molar-refractivity contribution in [1.82, 2.24) is 4.98 Å². The van der Waals surface area contributed by atoms with E-state index in [0.717, 1.165) is 22.7 Å². The topological polar surface area (TPSA) is 87.0 Å². The van der Waals surface area contributed by atoms with Gasteiger partial charge in [-0.2, -0.15) is 5.26 Å². The van der Waals surface area contributed by atoms with Gasteiger partial charge in [0.05, 0.1) is 12.3 Å². The number of carbonyl (C=O) groups excluding carboxylic acids is 1. The van der Waals surface area contributed by atoms with Crippen molar-refractivity contribution in [3.8, 4) is 23.1 Å². The van der Waals surface area contributed by atoms with Crippen LogP contribution in [0.3, 0.4) is 0 Å². The SMILES string of the molecule is CCOc1ccc(-c2csc(/C(C#N)=C\Nc3ccc(NC(C)=O)cc3)n2)cc1. The molecule has 0 aliphatic rings. The summed E-state index contributed by atoms with van der Waals surface area (Å²) in [7, 11) is 0. The minimum Gasteiger partial charge on any atom is -0.494 e. The highest BCUT2D eigenvalue weighted by atomic mass is 32.1. The van der Waals surface area contributed by atoms with E-state index in [0.29, 0.717) is 22.9 Å². The van der Waals surface area contributed by atoms with Crippen molar-refractivity contribution in [3.05, 3.63) is 65.1 Å². The molecule has 1 amide bonds. The summed E-state index contributed by atoms with van der Waals surface area (Å²) >= 11 is 1.42. The highest BCUT2D eigenvalue weighted by molar-refractivity contribution is 7.11. The van der Waals surface area contributed by atoms with Crippen LogP contribution in [0.25, 0.3) is 16.8 Å². The van der Waals surface area contributed by atoms with Crippen LogP contribution in [0, 0.1) is 11.3 Å². The zero-order valence-electron chi connectivity index (χ0n) is 16.1. The number of anilines is 2. The van der Waals surface area contributed by atoms with E-state index in [9.17, 15) is 10.1 Å². The lowest BCUT2D eigenvalue weighted by atomic mass is 10.2. The third kappa shape index (κ3) is 5.43. The molecule has 0 unspecified atom stereocenters. The van der Waals surface area contributed by atoms with Gasteiger partial charge in [0.2, 0.25) is 5.91 Å². The monoisotopic (exact) mass is 404 g/mol. The smallest absolute Gasteiger partial charge is 0.221 e. The Labute approximate surface area is 173 Å². The number of allylic oxidation sites excluding steroid dienone is 1. The van der Waals surface area contributed by atoms with E-state index in [4.69, 9.17) is 4.74 Å². The van der Waals surface area contributed by atoms with Gasteiger partial charge in [-0.05, 0) is 55.5 Å². The summed E-state index contributed by atoms with van der Waals surface area (Å²) in [6, 6.07) is 17.1. The first-order valence-corrected chi connectivity index (χ1v) is 9.90. The van der Waals surface area contributed by atoms with Crippen LogP contribution in [0.4, 0.5) is 11.4 Å². The Morgan fingerprint density at radius 2 is 1.86 bits per heavy atom. The van der Waals surface area contributed by atoms with Crippen molar-refractivity contribution in [2.45, 2.75) is 13.8 Å². The molecule has 29 heavy (non-hydrogen) atoms. The molecule has 0 bridgehead atoms. The van der Waals surface area contributed by atoms with Crippen LogP contribution in [0.2, 0.25) is 0 Å². The second-order valence-corrected chi connectivity index (χ2v) is 6.93. The Morgan fingerprint density at radius 1 is 1.17 bits per heavy atom. The summed E-state index contributed by atoms with van der Waals surface area (Å²) in [4.78, 5) is 15.7. The van der Waals surface area contributed by atoms with Gasteiger partial charge in [-0.25, -0.2) is 4.98 Å². The van der Waals surface area contributed by atoms with Gasteiger partial charge in [-0.3, -0.25) is 4.79 Å². The number of ether oxygens (including phenoxy) is 1. The van der Waals surface area contributed by atoms with Crippen LogP contribution < -0.4 is 15.4 Å². The summed E-state index contributed by atoms with van der Waals surface area (Å²) in [6.45, 7) is 4.03. The van der Waals surface area contributed by atoms with E-state index in [1.807, 2.05) is 48.7 Å². The molecule has 0 spiro atoms. The number of hydrogen-bond donors (Lipinski definition) is 2. The molecular formula is C22H20N4O2S. The van der Waals surface area contributed by atoms with Crippen LogP contribution in [-0.2, 0) is 4.79 Å². The van der Waals surface area contributed by atoms with E-state index < -0.39 is 0 Å². The van der Waals surface area contributed by atoms with Crippen molar-refractivity contribution in [2.24, 2.45) is 0 Å². The number of aromatic nitrogens is 1. The quantitative estimate of drug-likeness (QED) is 0.532. The fourth-order valence-electron chi connectivity index (χ4n) is 2.57. The first kappa shape index (κ1) is 20.1. The molecule has 0 radical (unpaired) electrons. The maximum absolute atomic E-state index is 11.1. The molecule has 2 N–H and O–H groups in total. The van der Waals surface area contributed by atoms with E-state index in [-0.39, 0.29) is 5.91 Å². The molecule has 6 nitrogen and oxygen atoms in total. The minimum atomic E-state index is -0.121. The lowest BCUT2D eigenvalue weighted by Crippen LogP contribution is -2.05. The van der Waals surface area contributed by atoms with Crippen molar-refractivity contribution in [3.63, 3.8) is 0 Å². The van der Waals surface area contributed by atoms with Crippen molar-refractivity contribution in [2.75, 3.05) is 17.2 Å². The standard InChI is InChI=1S/C22H20N4O2S/c1-3-28-20-10-4-16(5-11-20)21-14-29-22(26-21)17(12-23)13-24-18-6-8-19(9-7-18)25-15(2)27/h4-11,13-14,24H,3H2,1-2H3,(H,25,27)/b17-13-. The van der Waals surface area contributed by atoms with Crippen LogP contribution in [0.5, 0.6) is 5.75 Å². The number of carbonyl (C=O) groups is 1. The molecule has 0 saturated heterocycles. The molecule has 1 aromatic heterocycles. The number of amides is 1. The van der Waals surface area contributed by atoms with E-state index in [1.165, 1.54) is 18.3 Å². The molecule has 3 rings (SSSR count). The molecule has 3 aromatic rings. The number of benzene rings is 2. The predicted molar refractivity (Wildman–Crippen MR) is 117 cm³/mol. The van der Waals surface area contributed by atoms with Gasteiger partial charge in [-0.15, -0.1) is 11.3 Å². The first-order chi connectivity index (χ1) is 14.1. The lowest BCUT2D eigenvalue weighted by molar-refractivity contribution is -0.114. The van der Waals surface area contributed by atoms with Crippen molar-refractivity contribution < 1.29 is 9.53 Å². The Balaban J connectivity index is 1.71. The fourth-order valence-corrected chi connectivity index (χ4v) is 3.36. The Kier molecular flexibility index (Phi) is 6.61. The molecule has 0 fully saturated rings. The van der Waals surface area contributed by atoms with E-state index in [2.05, 4.69) is 21.7 Å². The molecule has 0 atom stereocenters. The molecule has 0 saturated carbocycles. The van der Waals surface area contributed by atoms with Gasteiger partial charge < -0.3 is 15.4 Å².